The van der Waals surface area contributed by atoms with Crippen LogP contribution in [-0.2, 0) is 11.3 Å². The first kappa shape index (κ1) is 14.7. The van der Waals surface area contributed by atoms with Crippen molar-refractivity contribution in [3.8, 4) is 0 Å². The predicted molar refractivity (Wildman–Crippen MR) is 91.1 cm³/mol. The molecule has 122 valence electrons. The van der Waals surface area contributed by atoms with Gasteiger partial charge in [-0.15, -0.1) is 0 Å². The number of hydrogen-bond donors (Lipinski definition) is 1. The van der Waals surface area contributed by atoms with E-state index in [9.17, 15) is 4.79 Å². The van der Waals surface area contributed by atoms with Crippen molar-refractivity contribution in [1.29, 1.82) is 0 Å². The maximum absolute atomic E-state index is 12.1. The molecule has 4 heteroatoms. The van der Waals surface area contributed by atoms with Crippen LogP contribution in [0.15, 0.2) is 18.2 Å². The highest BCUT2D eigenvalue weighted by atomic mass is 16.1. The van der Waals surface area contributed by atoms with Gasteiger partial charge in [0.05, 0.1) is 11.7 Å². The Morgan fingerprint density at radius 2 is 2.13 bits per heavy atom. The number of carbonyl (C=O) groups excluding carboxylic acids is 1. The minimum Gasteiger partial charge on any atom is -0.348 e. The lowest BCUT2D eigenvalue weighted by Gasteiger charge is -2.15. The van der Waals surface area contributed by atoms with E-state index in [1.807, 2.05) is 13.0 Å². The summed E-state index contributed by atoms with van der Waals surface area (Å²) in [5.41, 5.74) is 3.32. The van der Waals surface area contributed by atoms with Crippen LogP contribution in [0.4, 0.5) is 0 Å². The van der Waals surface area contributed by atoms with Gasteiger partial charge in [-0.25, -0.2) is 4.98 Å². The normalized spacial score (nSPS) is 28.3. The first-order valence-corrected chi connectivity index (χ1v) is 8.88. The number of amides is 1. The van der Waals surface area contributed by atoms with Gasteiger partial charge in [0.15, 0.2) is 0 Å². The fraction of sp³-hybridized carbons (Fsp3) is 0.579. The second-order valence-corrected chi connectivity index (χ2v) is 7.34. The molecule has 3 heterocycles. The van der Waals surface area contributed by atoms with Crippen molar-refractivity contribution in [1.82, 2.24) is 14.9 Å². The number of hydrogen-bond acceptors (Lipinski definition) is 2. The molecule has 0 aromatic carbocycles. The molecule has 23 heavy (non-hydrogen) atoms. The lowest BCUT2D eigenvalue weighted by Crippen LogP contribution is -2.27. The Morgan fingerprint density at radius 1 is 1.26 bits per heavy atom. The van der Waals surface area contributed by atoms with E-state index in [2.05, 4.69) is 28.9 Å². The second-order valence-electron chi connectivity index (χ2n) is 7.34. The first-order chi connectivity index (χ1) is 11.1. The summed E-state index contributed by atoms with van der Waals surface area (Å²) in [7, 11) is 0. The molecule has 1 fully saturated rings. The summed E-state index contributed by atoms with van der Waals surface area (Å²) in [4.78, 5) is 17.0. The first-order valence-electron chi connectivity index (χ1n) is 8.88. The molecule has 2 aliphatic rings. The fourth-order valence-electron chi connectivity index (χ4n) is 3.95. The van der Waals surface area contributed by atoms with Crippen molar-refractivity contribution in [3.05, 3.63) is 29.6 Å². The van der Waals surface area contributed by atoms with E-state index < -0.39 is 0 Å². The smallest absolute Gasteiger partial charge is 0.220 e. The molecule has 1 amide bonds. The van der Waals surface area contributed by atoms with Crippen LogP contribution >= 0.6 is 0 Å². The number of aromatic nitrogens is 2. The van der Waals surface area contributed by atoms with Gasteiger partial charge in [-0.05, 0) is 56.7 Å². The monoisotopic (exact) mass is 311 g/mol. The standard InChI is InChI=1S/C19H25N3O/c1-12-9-15-7-8-17-13(2)20-18(23)6-4-3-5-14-10-16(14)11-22(12)19(15)21-17/h7-9,13-14,16H,3-6,10-11H2,1-2H3,(H,20,23). The van der Waals surface area contributed by atoms with Crippen LogP contribution in [0.3, 0.4) is 0 Å². The number of fused-ring (bicyclic) bond motifs is 2. The van der Waals surface area contributed by atoms with Crippen LogP contribution in [0.5, 0.6) is 0 Å². The van der Waals surface area contributed by atoms with E-state index in [4.69, 9.17) is 4.98 Å². The van der Waals surface area contributed by atoms with Crippen molar-refractivity contribution in [3.63, 3.8) is 0 Å². The Hall–Kier alpha value is -1.84. The molecule has 2 aromatic heterocycles. The SMILES string of the molecule is Cc1cc2ccc3nc2n1CC1CC1CCCCC(=O)NC3C. The molecular formula is C19H25N3O. The highest BCUT2D eigenvalue weighted by Gasteiger charge is 2.36. The Labute approximate surface area is 137 Å². The lowest BCUT2D eigenvalue weighted by molar-refractivity contribution is -0.121. The van der Waals surface area contributed by atoms with Crippen LogP contribution in [0.1, 0.15) is 56.5 Å². The van der Waals surface area contributed by atoms with Gasteiger partial charge in [0.1, 0.15) is 5.65 Å². The molecule has 4 nitrogen and oxygen atoms in total. The summed E-state index contributed by atoms with van der Waals surface area (Å²) in [5, 5.41) is 4.30. The Kier molecular flexibility index (Phi) is 3.63. The number of rotatable bonds is 0. The van der Waals surface area contributed by atoms with Gasteiger partial charge in [0.25, 0.3) is 0 Å². The molecule has 3 unspecified atom stereocenters. The molecule has 0 spiro atoms. The number of nitrogens with zero attached hydrogens (tertiary/aromatic N) is 2. The van der Waals surface area contributed by atoms with Gasteiger partial charge in [-0.2, -0.15) is 0 Å². The van der Waals surface area contributed by atoms with E-state index in [-0.39, 0.29) is 11.9 Å². The van der Waals surface area contributed by atoms with E-state index in [1.54, 1.807) is 0 Å². The molecule has 1 N–H and O–H groups in total. The highest BCUT2D eigenvalue weighted by molar-refractivity contribution is 5.78. The van der Waals surface area contributed by atoms with Crippen LogP contribution < -0.4 is 5.32 Å². The third-order valence-electron chi connectivity index (χ3n) is 5.51. The predicted octanol–water partition coefficient (Wildman–Crippen LogP) is 3.73. The topological polar surface area (TPSA) is 46.9 Å². The van der Waals surface area contributed by atoms with Crippen molar-refractivity contribution in [2.75, 3.05) is 0 Å². The maximum Gasteiger partial charge on any atom is 0.220 e. The van der Waals surface area contributed by atoms with E-state index >= 15 is 0 Å². The molecule has 1 aliphatic heterocycles. The molecule has 1 saturated carbocycles. The number of carbonyl (C=O) groups is 1. The quantitative estimate of drug-likeness (QED) is 0.806. The summed E-state index contributed by atoms with van der Waals surface area (Å²) in [6.45, 7) is 5.29. The summed E-state index contributed by atoms with van der Waals surface area (Å²) < 4.78 is 2.38. The van der Waals surface area contributed by atoms with Crippen molar-refractivity contribution >= 4 is 16.9 Å². The van der Waals surface area contributed by atoms with Gasteiger partial charge in [-0.1, -0.05) is 12.8 Å². The van der Waals surface area contributed by atoms with Gasteiger partial charge in [-0.3, -0.25) is 4.79 Å². The summed E-state index contributed by atoms with van der Waals surface area (Å²) in [6.07, 6.45) is 5.42. The van der Waals surface area contributed by atoms with Gasteiger partial charge >= 0.3 is 0 Å². The summed E-state index contributed by atoms with van der Waals surface area (Å²) >= 11 is 0. The summed E-state index contributed by atoms with van der Waals surface area (Å²) in [5.74, 6) is 1.79. The zero-order valence-corrected chi connectivity index (χ0v) is 14.0. The van der Waals surface area contributed by atoms with E-state index in [0.29, 0.717) is 6.42 Å². The molecule has 0 saturated heterocycles. The zero-order chi connectivity index (χ0) is 16.0. The Morgan fingerprint density at radius 3 is 3.00 bits per heavy atom. The molecule has 2 bridgehead atoms. The van der Waals surface area contributed by atoms with Gasteiger partial charge in [0, 0.05) is 24.0 Å². The Bertz CT molecular complexity index is 748. The summed E-state index contributed by atoms with van der Waals surface area (Å²) in [6, 6.07) is 6.38. The third-order valence-corrected chi connectivity index (χ3v) is 5.51. The zero-order valence-electron chi connectivity index (χ0n) is 14.0. The van der Waals surface area contributed by atoms with Crippen molar-refractivity contribution in [2.24, 2.45) is 11.8 Å². The second kappa shape index (κ2) is 5.66. The minimum absolute atomic E-state index is 0.0350. The number of nitrogens with one attached hydrogen (secondary N) is 1. The highest BCUT2D eigenvalue weighted by Crippen LogP contribution is 2.44. The molecular weight excluding hydrogens is 286 g/mol. The third kappa shape index (κ3) is 2.87. The van der Waals surface area contributed by atoms with Crippen LogP contribution in [0.25, 0.3) is 11.0 Å². The number of pyridine rings is 1. The van der Waals surface area contributed by atoms with E-state index in [1.165, 1.54) is 30.3 Å². The van der Waals surface area contributed by atoms with Crippen LogP contribution in [-0.4, -0.2) is 15.5 Å². The molecule has 1 aliphatic carbocycles. The van der Waals surface area contributed by atoms with Crippen LogP contribution in [0.2, 0.25) is 0 Å². The fourth-order valence-corrected chi connectivity index (χ4v) is 3.95. The average Bonchev–Trinajstić information content (AvgIpc) is 3.19. The van der Waals surface area contributed by atoms with Crippen LogP contribution in [0, 0.1) is 18.8 Å². The van der Waals surface area contributed by atoms with Crippen molar-refractivity contribution in [2.45, 2.75) is 58.5 Å². The van der Waals surface area contributed by atoms with Gasteiger partial charge < -0.3 is 9.88 Å². The molecule has 2 aromatic rings. The lowest BCUT2D eigenvalue weighted by atomic mass is 10.1. The molecule has 3 atom stereocenters. The largest absolute Gasteiger partial charge is 0.348 e. The van der Waals surface area contributed by atoms with E-state index in [0.717, 1.165) is 36.1 Å². The maximum atomic E-state index is 12.1. The average molecular weight is 311 g/mol. The number of aryl methyl sites for hydroxylation is 1. The van der Waals surface area contributed by atoms with Gasteiger partial charge in [0.2, 0.25) is 5.91 Å². The van der Waals surface area contributed by atoms with Crippen molar-refractivity contribution < 1.29 is 4.79 Å². The molecule has 0 radical (unpaired) electrons. The minimum atomic E-state index is -0.0350. The Balaban J connectivity index is 1.73. The molecule has 4 rings (SSSR count).